The summed E-state index contributed by atoms with van der Waals surface area (Å²) < 4.78 is 36.2. The maximum absolute atomic E-state index is 12.1. The van der Waals surface area contributed by atoms with Gasteiger partial charge in [0.15, 0.2) is 0 Å². The lowest BCUT2D eigenvalue weighted by Gasteiger charge is -2.10. The van der Waals surface area contributed by atoms with E-state index < -0.39 is 12.6 Å². The van der Waals surface area contributed by atoms with Crippen molar-refractivity contribution in [1.29, 1.82) is 0 Å². The van der Waals surface area contributed by atoms with Crippen LogP contribution in [0.15, 0.2) is 6.07 Å². The molecule has 0 radical (unpaired) electrons. The molecule has 18 heavy (non-hydrogen) atoms. The molecule has 0 aliphatic carbocycles. The number of hydrogen-bond donors (Lipinski definition) is 1. The predicted molar refractivity (Wildman–Crippen MR) is 71.0 cm³/mol. The van der Waals surface area contributed by atoms with Crippen LogP contribution in [0.25, 0.3) is 0 Å². The van der Waals surface area contributed by atoms with Crippen LogP contribution in [-0.4, -0.2) is 11.9 Å². The van der Waals surface area contributed by atoms with Crippen molar-refractivity contribution in [3.05, 3.63) is 21.4 Å². The minimum atomic E-state index is -4.06. The second kappa shape index (κ2) is 5.84. The lowest BCUT2D eigenvalue weighted by atomic mass is 10.1. The van der Waals surface area contributed by atoms with Gasteiger partial charge in [0.05, 0.1) is 0 Å². The van der Waals surface area contributed by atoms with Gasteiger partial charge in [0.1, 0.15) is 0 Å². The van der Waals surface area contributed by atoms with Crippen LogP contribution in [0.4, 0.5) is 13.2 Å². The number of nitrogens with two attached hydrogens (primary N) is 1. The van der Waals surface area contributed by atoms with Crippen molar-refractivity contribution in [2.75, 3.05) is 5.75 Å². The molecular formula is C12H16F3NS2. The van der Waals surface area contributed by atoms with Gasteiger partial charge in [-0.25, -0.2) is 0 Å². The number of hydrogen-bond acceptors (Lipinski definition) is 3. The van der Waals surface area contributed by atoms with Gasteiger partial charge in [-0.3, -0.25) is 0 Å². The number of fused-ring (bicyclic) bond motifs is 1. The molecular weight excluding hydrogens is 279 g/mol. The molecule has 1 aromatic heterocycles. The smallest absolute Gasteiger partial charge is 0.323 e. The van der Waals surface area contributed by atoms with E-state index in [1.807, 2.05) is 11.8 Å². The highest BCUT2D eigenvalue weighted by Gasteiger charge is 2.27. The molecule has 2 rings (SSSR count). The van der Waals surface area contributed by atoms with Crippen LogP contribution >= 0.6 is 23.1 Å². The van der Waals surface area contributed by atoms with Crippen molar-refractivity contribution in [2.24, 2.45) is 5.73 Å². The minimum absolute atomic E-state index is 0.113. The van der Waals surface area contributed by atoms with Gasteiger partial charge in [-0.05, 0) is 36.6 Å². The molecule has 1 nitrogen and oxygen atoms in total. The fourth-order valence-electron chi connectivity index (χ4n) is 2.02. The van der Waals surface area contributed by atoms with Crippen molar-refractivity contribution in [3.8, 4) is 0 Å². The molecule has 102 valence electrons. The topological polar surface area (TPSA) is 26.0 Å². The maximum Gasteiger partial charge on any atom is 0.389 e. The van der Waals surface area contributed by atoms with Crippen LogP contribution in [-0.2, 0) is 12.2 Å². The average Bonchev–Trinajstić information content (AvgIpc) is 2.70. The van der Waals surface area contributed by atoms with Gasteiger partial charge in [0.2, 0.25) is 0 Å². The van der Waals surface area contributed by atoms with Gasteiger partial charge < -0.3 is 5.73 Å². The molecule has 2 N–H and O–H groups in total. The lowest BCUT2D eigenvalue weighted by Crippen LogP contribution is -2.12. The number of alkyl halides is 3. The van der Waals surface area contributed by atoms with Crippen molar-refractivity contribution >= 4 is 23.1 Å². The van der Waals surface area contributed by atoms with Crippen LogP contribution in [0.3, 0.4) is 0 Å². The molecule has 0 amide bonds. The molecule has 6 heteroatoms. The minimum Gasteiger partial charge on any atom is -0.323 e. The summed E-state index contributed by atoms with van der Waals surface area (Å²) in [6, 6.07) is 1.85. The second-order valence-electron chi connectivity index (χ2n) is 4.51. The van der Waals surface area contributed by atoms with E-state index in [9.17, 15) is 13.2 Å². The molecule has 0 saturated carbocycles. The van der Waals surface area contributed by atoms with E-state index in [4.69, 9.17) is 5.73 Å². The summed E-state index contributed by atoms with van der Waals surface area (Å²) >= 11 is 3.58. The van der Waals surface area contributed by atoms with Gasteiger partial charge in [0, 0.05) is 28.0 Å². The Morgan fingerprint density at radius 2 is 2.17 bits per heavy atom. The van der Waals surface area contributed by atoms with Gasteiger partial charge in [0.25, 0.3) is 0 Å². The van der Waals surface area contributed by atoms with E-state index in [2.05, 4.69) is 6.07 Å². The van der Waals surface area contributed by atoms with Gasteiger partial charge in [-0.1, -0.05) is 0 Å². The normalized spacial score (nSPS) is 17.6. The largest absolute Gasteiger partial charge is 0.389 e. The zero-order valence-electron chi connectivity index (χ0n) is 9.93. The Hall–Kier alpha value is -0.200. The first kappa shape index (κ1) is 14.2. The van der Waals surface area contributed by atoms with Crippen molar-refractivity contribution in [1.82, 2.24) is 0 Å². The first-order valence-corrected chi connectivity index (χ1v) is 7.94. The molecule has 0 spiro atoms. The first-order chi connectivity index (χ1) is 8.46. The SMILES string of the molecule is NC(CCCC(F)(F)F)c1cc2c(s1)CCSC2. The Morgan fingerprint density at radius 1 is 1.39 bits per heavy atom. The molecule has 1 unspecified atom stereocenters. The van der Waals surface area contributed by atoms with Crippen LogP contribution < -0.4 is 5.73 Å². The Balaban J connectivity index is 1.89. The van der Waals surface area contributed by atoms with Gasteiger partial charge in [-0.2, -0.15) is 24.9 Å². The summed E-state index contributed by atoms with van der Waals surface area (Å²) in [5.74, 6) is 2.15. The van der Waals surface area contributed by atoms with E-state index in [0.29, 0.717) is 6.42 Å². The van der Waals surface area contributed by atoms with E-state index in [0.717, 1.165) is 22.8 Å². The predicted octanol–water partition coefficient (Wildman–Crippen LogP) is 4.27. The summed E-state index contributed by atoms with van der Waals surface area (Å²) in [5, 5.41) is 0. The van der Waals surface area contributed by atoms with E-state index in [-0.39, 0.29) is 12.5 Å². The van der Waals surface area contributed by atoms with Crippen molar-refractivity contribution < 1.29 is 13.2 Å². The standard InChI is InChI=1S/C12H16F3NS2/c13-12(14,15)4-1-2-9(16)11-6-8-7-17-5-3-10(8)18-11/h6,9H,1-5,7,16H2. The third-order valence-electron chi connectivity index (χ3n) is 2.99. The molecule has 1 aromatic rings. The monoisotopic (exact) mass is 295 g/mol. The molecule has 1 aliphatic rings. The van der Waals surface area contributed by atoms with E-state index in [1.165, 1.54) is 10.4 Å². The number of rotatable bonds is 4. The fraction of sp³-hybridized carbons (Fsp3) is 0.667. The number of aryl methyl sites for hydroxylation is 1. The molecule has 0 saturated heterocycles. The zero-order valence-corrected chi connectivity index (χ0v) is 11.6. The quantitative estimate of drug-likeness (QED) is 0.897. The Kier molecular flexibility index (Phi) is 4.61. The molecule has 0 fully saturated rings. The van der Waals surface area contributed by atoms with Gasteiger partial charge >= 0.3 is 6.18 Å². The first-order valence-electron chi connectivity index (χ1n) is 5.97. The number of thiophene rings is 1. The summed E-state index contributed by atoms with van der Waals surface area (Å²) in [7, 11) is 0. The summed E-state index contributed by atoms with van der Waals surface area (Å²) in [6.07, 6.45) is -3.21. The highest BCUT2D eigenvalue weighted by atomic mass is 32.2. The Bertz CT molecular complexity index is 377. The third kappa shape index (κ3) is 3.90. The highest BCUT2D eigenvalue weighted by molar-refractivity contribution is 7.98. The third-order valence-corrected chi connectivity index (χ3v) is 5.36. The Labute approximate surface area is 113 Å². The Morgan fingerprint density at radius 3 is 2.83 bits per heavy atom. The summed E-state index contributed by atoms with van der Waals surface area (Å²) in [6.45, 7) is 0. The molecule has 2 heterocycles. The van der Waals surface area contributed by atoms with Crippen molar-refractivity contribution in [2.45, 2.75) is 43.7 Å². The molecule has 1 aliphatic heterocycles. The van der Waals surface area contributed by atoms with E-state index >= 15 is 0 Å². The van der Waals surface area contributed by atoms with E-state index in [1.54, 1.807) is 11.3 Å². The lowest BCUT2D eigenvalue weighted by molar-refractivity contribution is -0.135. The van der Waals surface area contributed by atoms with Crippen molar-refractivity contribution in [3.63, 3.8) is 0 Å². The maximum atomic E-state index is 12.1. The summed E-state index contributed by atoms with van der Waals surface area (Å²) in [4.78, 5) is 2.42. The van der Waals surface area contributed by atoms with Gasteiger partial charge in [-0.15, -0.1) is 11.3 Å². The van der Waals surface area contributed by atoms with Crippen LogP contribution in [0.1, 0.15) is 40.6 Å². The molecule has 0 bridgehead atoms. The molecule has 0 aromatic carbocycles. The summed E-state index contributed by atoms with van der Waals surface area (Å²) in [5.41, 5.74) is 7.30. The highest BCUT2D eigenvalue weighted by Crippen LogP contribution is 2.35. The number of halogens is 3. The fourth-order valence-corrected chi connectivity index (χ4v) is 4.43. The molecule has 1 atom stereocenters. The average molecular weight is 295 g/mol. The second-order valence-corrected chi connectivity index (χ2v) is 6.79. The van der Waals surface area contributed by atoms with Crippen LogP contribution in [0.2, 0.25) is 0 Å². The van der Waals surface area contributed by atoms with Crippen LogP contribution in [0, 0.1) is 0 Å². The zero-order chi connectivity index (χ0) is 13.2. The number of thioether (sulfide) groups is 1. The van der Waals surface area contributed by atoms with Crippen LogP contribution in [0.5, 0.6) is 0 Å².